The third-order valence-electron chi connectivity index (χ3n) is 3.25. The molecule has 0 saturated heterocycles. The van der Waals surface area contributed by atoms with Gasteiger partial charge in [-0.3, -0.25) is 5.32 Å². The van der Waals surface area contributed by atoms with Crippen LogP contribution in [0.4, 0.5) is 10.6 Å². The SMILES string of the molecule is CC(C)(C)OC(=O)Nc1nc(Cl)c2sc(Br)c3c2c1CCCO3. The van der Waals surface area contributed by atoms with Gasteiger partial charge in [0.05, 0.1) is 11.3 Å². The van der Waals surface area contributed by atoms with E-state index >= 15 is 0 Å². The summed E-state index contributed by atoms with van der Waals surface area (Å²) in [5.41, 5.74) is 0.357. The minimum absolute atomic E-state index is 0.345. The van der Waals surface area contributed by atoms with Gasteiger partial charge in [-0.25, -0.2) is 9.78 Å². The number of halogens is 2. The molecule has 1 N–H and O–H groups in total. The van der Waals surface area contributed by atoms with Crippen molar-refractivity contribution in [2.75, 3.05) is 11.9 Å². The number of aryl methyl sites for hydroxylation is 1. The number of pyridine rings is 1. The Morgan fingerprint density at radius 1 is 1.48 bits per heavy atom. The maximum atomic E-state index is 12.1. The van der Waals surface area contributed by atoms with Crippen molar-refractivity contribution in [2.24, 2.45) is 0 Å². The molecule has 23 heavy (non-hydrogen) atoms. The maximum absolute atomic E-state index is 12.1. The van der Waals surface area contributed by atoms with Crippen LogP contribution in [0, 0.1) is 0 Å². The number of nitrogens with zero attached hydrogens (tertiary/aromatic N) is 1. The molecule has 0 aliphatic carbocycles. The molecule has 0 atom stereocenters. The summed E-state index contributed by atoms with van der Waals surface area (Å²) in [5.74, 6) is 1.21. The molecular weight excluding hydrogens is 404 g/mol. The van der Waals surface area contributed by atoms with E-state index in [2.05, 4.69) is 26.2 Å². The van der Waals surface area contributed by atoms with Crippen molar-refractivity contribution in [1.82, 2.24) is 4.98 Å². The first-order chi connectivity index (χ1) is 10.8. The average molecular weight is 420 g/mol. The normalized spacial score (nSPS) is 14.3. The molecule has 1 aliphatic rings. The molecule has 1 amide bonds. The molecule has 0 fully saturated rings. The lowest BCUT2D eigenvalue weighted by atomic mass is 10.1. The average Bonchev–Trinajstić information content (AvgIpc) is 2.62. The van der Waals surface area contributed by atoms with Crippen LogP contribution >= 0.6 is 38.9 Å². The second-order valence-corrected chi connectivity index (χ2v) is 8.91. The quantitative estimate of drug-likeness (QED) is 0.630. The monoisotopic (exact) mass is 418 g/mol. The second-order valence-electron chi connectivity index (χ2n) is 6.22. The number of ether oxygens (including phenoxy) is 2. The van der Waals surface area contributed by atoms with Crippen molar-refractivity contribution in [2.45, 2.75) is 39.2 Å². The van der Waals surface area contributed by atoms with Gasteiger partial charge in [0.25, 0.3) is 0 Å². The van der Waals surface area contributed by atoms with E-state index in [0.717, 1.165) is 38.0 Å². The summed E-state index contributed by atoms with van der Waals surface area (Å²) in [6.07, 6.45) is 1.05. The molecule has 0 radical (unpaired) electrons. The molecule has 8 heteroatoms. The van der Waals surface area contributed by atoms with Crippen molar-refractivity contribution in [3.8, 4) is 5.75 Å². The molecule has 3 heterocycles. The molecule has 0 bridgehead atoms. The molecule has 0 aromatic carbocycles. The lowest BCUT2D eigenvalue weighted by molar-refractivity contribution is 0.0635. The van der Waals surface area contributed by atoms with Gasteiger partial charge in [0.1, 0.15) is 20.4 Å². The Morgan fingerprint density at radius 2 is 2.22 bits per heavy atom. The van der Waals surface area contributed by atoms with Crippen molar-refractivity contribution in [3.63, 3.8) is 0 Å². The third-order valence-corrected chi connectivity index (χ3v) is 5.44. The number of thiophene rings is 1. The van der Waals surface area contributed by atoms with Crippen LogP contribution in [0.5, 0.6) is 5.75 Å². The number of carbonyl (C=O) groups excluding carboxylic acids is 1. The van der Waals surface area contributed by atoms with Crippen LogP contribution in [0.2, 0.25) is 5.15 Å². The molecule has 1 aliphatic heterocycles. The first-order valence-corrected chi connectivity index (χ1v) is 9.18. The Kier molecular flexibility index (Phi) is 4.46. The highest BCUT2D eigenvalue weighted by atomic mass is 79.9. The standard InChI is InChI=1S/C15H16BrClN2O3S/c1-15(2,3)22-14(20)19-13-7-5-4-6-21-9-8(7)10(12(17)18-13)23-11(9)16/h4-6H2,1-3H3,(H,18,19,20). The number of amides is 1. The molecule has 2 aromatic rings. The number of hydrogen-bond acceptors (Lipinski definition) is 5. The Balaban J connectivity index is 2.07. The first-order valence-electron chi connectivity index (χ1n) is 7.19. The van der Waals surface area contributed by atoms with Gasteiger partial charge < -0.3 is 9.47 Å². The minimum Gasteiger partial charge on any atom is -0.491 e. The molecule has 124 valence electrons. The third kappa shape index (κ3) is 3.41. The van der Waals surface area contributed by atoms with Gasteiger partial charge in [0, 0.05) is 10.9 Å². The number of hydrogen-bond donors (Lipinski definition) is 1. The van der Waals surface area contributed by atoms with Gasteiger partial charge in [-0.2, -0.15) is 0 Å². The van der Waals surface area contributed by atoms with Crippen LogP contribution in [0.25, 0.3) is 10.1 Å². The summed E-state index contributed by atoms with van der Waals surface area (Å²) < 4.78 is 12.9. The van der Waals surface area contributed by atoms with Crippen molar-refractivity contribution >= 4 is 60.9 Å². The van der Waals surface area contributed by atoms with Crippen molar-refractivity contribution in [3.05, 3.63) is 14.5 Å². The van der Waals surface area contributed by atoms with E-state index in [0.29, 0.717) is 17.6 Å². The van der Waals surface area contributed by atoms with E-state index in [9.17, 15) is 4.79 Å². The van der Waals surface area contributed by atoms with Crippen LogP contribution in [-0.4, -0.2) is 23.3 Å². The van der Waals surface area contributed by atoms with Gasteiger partial charge in [0.15, 0.2) is 5.75 Å². The van der Waals surface area contributed by atoms with Gasteiger partial charge in [-0.1, -0.05) is 11.6 Å². The lowest BCUT2D eigenvalue weighted by Gasteiger charge is -2.20. The Hall–Kier alpha value is -1.05. The van der Waals surface area contributed by atoms with E-state index in [1.165, 1.54) is 11.3 Å². The summed E-state index contributed by atoms with van der Waals surface area (Å²) in [4.78, 5) is 16.4. The van der Waals surface area contributed by atoms with Gasteiger partial charge in [-0.05, 0) is 49.5 Å². The van der Waals surface area contributed by atoms with Crippen LogP contribution < -0.4 is 10.1 Å². The fourth-order valence-corrected chi connectivity index (χ4v) is 4.42. The number of rotatable bonds is 1. The lowest BCUT2D eigenvalue weighted by Crippen LogP contribution is -2.27. The predicted molar refractivity (Wildman–Crippen MR) is 96.0 cm³/mol. The molecule has 0 spiro atoms. The topological polar surface area (TPSA) is 60.5 Å². The van der Waals surface area contributed by atoms with E-state index in [1.54, 1.807) is 0 Å². The van der Waals surface area contributed by atoms with Gasteiger partial charge >= 0.3 is 6.09 Å². The van der Waals surface area contributed by atoms with Crippen LogP contribution in [-0.2, 0) is 11.2 Å². The second kappa shape index (κ2) is 6.11. The van der Waals surface area contributed by atoms with E-state index in [1.807, 2.05) is 20.8 Å². The highest BCUT2D eigenvalue weighted by Crippen LogP contribution is 2.48. The van der Waals surface area contributed by atoms with E-state index < -0.39 is 11.7 Å². The summed E-state index contributed by atoms with van der Waals surface area (Å²) in [5, 5.41) is 3.99. The van der Waals surface area contributed by atoms with Crippen LogP contribution in [0.15, 0.2) is 3.79 Å². The summed E-state index contributed by atoms with van der Waals surface area (Å²) >= 11 is 11.3. The van der Waals surface area contributed by atoms with E-state index in [-0.39, 0.29) is 0 Å². The summed E-state index contributed by atoms with van der Waals surface area (Å²) in [6, 6.07) is 0. The number of anilines is 1. The Labute approximate surface area is 151 Å². The fraction of sp³-hybridized carbons (Fsp3) is 0.467. The zero-order chi connectivity index (χ0) is 16.8. The van der Waals surface area contributed by atoms with Crippen LogP contribution in [0.3, 0.4) is 0 Å². The smallest absolute Gasteiger partial charge is 0.413 e. The van der Waals surface area contributed by atoms with Crippen molar-refractivity contribution < 1.29 is 14.3 Å². The predicted octanol–water partition coefficient (Wildman–Crippen LogP) is 5.38. The molecule has 0 saturated carbocycles. The Bertz CT molecular complexity index is 785. The number of nitrogens with one attached hydrogen (secondary N) is 1. The fourth-order valence-electron chi connectivity index (χ4n) is 2.44. The highest BCUT2D eigenvalue weighted by molar-refractivity contribution is 9.11. The van der Waals surface area contributed by atoms with Gasteiger partial charge in [-0.15, -0.1) is 11.3 Å². The maximum Gasteiger partial charge on any atom is 0.413 e. The Morgan fingerprint density at radius 3 is 2.91 bits per heavy atom. The molecule has 3 rings (SSSR count). The molecule has 0 unspecified atom stereocenters. The minimum atomic E-state index is -0.578. The molecule has 2 aromatic heterocycles. The zero-order valence-electron chi connectivity index (χ0n) is 13.0. The van der Waals surface area contributed by atoms with E-state index in [4.69, 9.17) is 21.1 Å². The largest absolute Gasteiger partial charge is 0.491 e. The summed E-state index contributed by atoms with van der Waals surface area (Å²) in [6.45, 7) is 6.05. The molecular formula is C15H16BrClN2O3S. The first kappa shape index (κ1) is 16.8. The summed E-state index contributed by atoms with van der Waals surface area (Å²) in [7, 11) is 0. The van der Waals surface area contributed by atoms with Crippen LogP contribution in [0.1, 0.15) is 32.8 Å². The zero-order valence-corrected chi connectivity index (χ0v) is 16.1. The number of aromatic nitrogens is 1. The number of carbonyl (C=O) groups is 1. The van der Waals surface area contributed by atoms with Crippen molar-refractivity contribution in [1.29, 1.82) is 0 Å². The highest BCUT2D eigenvalue weighted by Gasteiger charge is 2.26. The molecule has 5 nitrogen and oxygen atoms in total. The van der Waals surface area contributed by atoms with Gasteiger partial charge in [0.2, 0.25) is 0 Å².